The molecule has 0 fully saturated rings. The van der Waals surface area contributed by atoms with E-state index in [1.807, 2.05) is 6.08 Å². The highest BCUT2D eigenvalue weighted by atomic mass is 31.2. The number of nitrogens with two attached hydrogens (primary N) is 1. The number of aliphatic carboxylic acids is 1. The van der Waals surface area contributed by atoms with Gasteiger partial charge < -0.3 is 34.6 Å². The van der Waals surface area contributed by atoms with Crippen LogP contribution in [0.15, 0.2) is 12.2 Å². The number of unbranched alkanes of at least 4 members (excludes halogenated alkanes) is 6. The van der Waals surface area contributed by atoms with Crippen LogP contribution in [0.25, 0.3) is 0 Å². The van der Waals surface area contributed by atoms with Gasteiger partial charge in [-0.15, -0.1) is 0 Å². The third kappa shape index (κ3) is 17.9. The van der Waals surface area contributed by atoms with E-state index in [1.165, 1.54) is 32.6 Å². The SMILES string of the molecule is CCCCCCC(C)/C=C\C(CCCCCC)C(=O)OC[C@@H](O)COP(O)O[C@@H](C)[C@H](N)C(=O)O. The third-order valence-electron chi connectivity index (χ3n) is 5.70. The molecule has 5 N–H and O–H groups in total. The number of carboxylic acids is 1. The zero-order valence-corrected chi connectivity index (χ0v) is 22.8. The van der Waals surface area contributed by atoms with Gasteiger partial charge in [0.1, 0.15) is 18.8 Å². The van der Waals surface area contributed by atoms with Gasteiger partial charge in [-0.25, -0.2) is 0 Å². The number of hydrogen-bond donors (Lipinski definition) is 4. The molecule has 0 radical (unpaired) electrons. The van der Waals surface area contributed by atoms with Gasteiger partial charge in [-0.05, 0) is 25.7 Å². The summed E-state index contributed by atoms with van der Waals surface area (Å²) in [6.07, 6.45) is 12.8. The highest BCUT2D eigenvalue weighted by Crippen LogP contribution is 2.35. The van der Waals surface area contributed by atoms with Gasteiger partial charge in [-0.1, -0.05) is 84.3 Å². The zero-order chi connectivity index (χ0) is 26.6. The number of carbonyl (C=O) groups is 2. The fraction of sp³-hybridized carbons (Fsp3) is 0.840. The maximum Gasteiger partial charge on any atom is 0.330 e. The zero-order valence-electron chi connectivity index (χ0n) is 21.9. The molecule has 9 nitrogen and oxygen atoms in total. The molecule has 206 valence electrons. The van der Waals surface area contributed by atoms with Crippen LogP contribution in [0, 0.1) is 11.8 Å². The van der Waals surface area contributed by atoms with Crippen molar-refractivity contribution in [2.24, 2.45) is 17.6 Å². The Morgan fingerprint density at radius 3 is 2.11 bits per heavy atom. The van der Waals surface area contributed by atoms with Gasteiger partial charge in [0, 0.05) is 0 Å². The summed E-state index contributed by atoms with van der Waals surface area (Å²) in [5, 5.41) is 18.9. The van der Waals surface area contributed by atoms with Crippen molar-refractivity contribution in [3.05, 3.63) is 12.2 Å². The van der Waals surface area contributed by atoms with Crippen molar-refractivity contribution in [3.63, 3.8) is 0 Å². The van der Waals surface area contributed by atoms with Crippen LogP contribution < -0.4 is 5.73 Å². The largest absolute Gasteiger partial charge is 0.480 e. The van der Waals surface area contributed by atoms with Crippen LogP contribution in [0.1, 0.15) is 91.9 Å². The van der Waals surface area contributed by atoms with Crippen LogP contribution in [0.5, 0.6) is 0 Å². The normalized spacial score (nSPS) is 17.0. The molecule has 0 bridgehead atoms. The standard InChI is InChI=1S/C25H48NO8P/c1-5-7-9-11-13-19(3)15-16-21(14-12-10-8-6-2)25(30)32-17-22(27)18-33-35(31)34-20(4)23(26)24(28)29/h15-16,19-23,27,31H,5-14,17-18,26H2,1-4H3,(H,28,29)/b16-15-/t19?,20-,21?,22+,23-,35?/m0/s1. The molecule has 10 heteroatoms. The summed E-state index contributed by atoms with van der Waals surface area (Å²) in [4.78, 5) is 33.3. The molecule has 35 heavy (non-hydrogen) atoms. The molecular formula is C25H48NO8P. The second kappa shape index (κ2) is 21.0. The van der Waals surface area contributed by atoms with Crippen LogP contribution >= 0.6 is 8.60 Å². The summed E-state index contributed by atoms with van der Waals surface area (Å²) < 4.78 is 15.3. The minimum Gasteiger partial charge on any atom is -0.480 e. The van der Waals surface area contributed by atoms with Crippen molar-refractivity contribution in [2.45, 2.75) is 110 Å². The first-order valence-electron chi connectivity index (χ1n) is 12.9. The Kier molecular flexibility index (Phi) is 20.4. The highest BCUT2D eigenvalue weighted by molar-refractivity contribution is 7.40. The average Bonchev–Trinajstić information content (AvgIpc) is 2.82. The molecule has 0 aromatic heterocycles. The molecule has 6 atom stereocenters. The van der Waals surface area contributed by atoms with E-state index in [0.29, 0.717) is 12.3 Å². The molecule has 0 aromatic rings. The van der Waals surface area contributed by atoms with E-state index in [-0.39, 0.29) is 19.1 Å². The Balaban J connectivity index is 4.59. The second-order valence-electron chi connectivity index (χ2n) is 9.16. The van der Waals surface area contributed by atoms with Crippen molar-refractivity contribution >= 4 is 20.5 Å². The van der Waals surface area contributed by atoms with Gasteiger partial charge in [-0.2, -0.15) is 0 Å². The predicted octanol–water partition coefficient (Wildman–Crippen LogP) is 4.69. The number of aliphatic hydroxyl groups excluding tert-OH is 1. The summed E-state index contributed by atoms with van der Waals surface area (Å²) in [6, 6.07) is -1.32. The maximum atomic E-state index is 12.7. The van der Waals surface area contributed by atoms with E-state index < -0.39 is 38.8 Å². The number of hydrogen-bond acceptors (Lipinski definition) is 8. The van der Waals surface area contributed by atoms with Crippen LogP contribution in [0.3, 0.4) is 0 Å². The van der Waals surface area contributed by atoms with Crippen LogP contribution in [-0.4, -0.2) is 58.5 Å². The van der Waals surface area contributed by atoms with Crippen molar-refractivity contribution in [1.29, 1.82) is 0 Å². The fourth-order valence-electron chi connectivity index (χ4n) is 3.32. The summed E-state index contributed by atoms with van der Waals surface area (Å²) in [5.74, 6) is -1.64. The first-order chi connectivity index (χ1) is 16.6. The summed E-state index contributed by atoms with van der Waals surface area (Å²) in [7, 11) is -2.44. The van der Waals surface area contributed by atoms with E-state index in [2.05, 4.69) is 26.8 Å². The molecule has 0 aliphatic heterocycles. The molecule has 0 saturated heterocycles. The molecule has 0 saturated carbocycles. The number of rotatable bonds is 22. The van der Waals surface area contributed by atoms with Gasteiger partial charge in [0.2, 0.25) is 0 Å². The summed E-state index contributed by atoms with van der Waals surface area (Å²) in [5.41, 5.74) is 5.41. The number of aliphatic hydroxyl groups is 1. The Bertz CT molecular complexity index is 592. The maximum absolute atomic E-state index is 12.7. The quantitative estimate of drug-likeness (QED) is 0.0689. The lowest BCUT2D eigenvalue weighted by Crippen LogP contribution is -2.41. The lowest BCUT2D eigenvalue weighted by Gasteiger charge is -2.20. The molecular weight excluding hydrogens is 473 g/mol. The van der Waals surface area contributed by atoms with E-state index >= 15 is 0 Å². The number of carbonyl (C=O) groups excluding carboxylic acids is 1. The van der Waals surface area contributed by atoms with E-state index in [1.54, 1.807) is 0 Å². The molecule has 0 aliphatic rings. The smallest absolute Gasteiger partial charge is 0.330 e. The first kappa shape index (κ1) is 33.9. The van der Waals surface area contributed by atoms with Gasteiger partial charge >= 0.3 is 20.5 Å². The molecule has 0 amide bonds. The van der Waals surface area contributed by atoms with E-state index in [9.17, 15) is 19.6 Å². The Morgan fingerprint density at radius 2 is 1.54 bits per heavy atom. The molecule has 0 rings (SSSR count). The van der Waals surface area contributed by atoms with Crippen molar-refractivity contribution in [3.8, 4) is 0 Å². The Morgan fingerprint density at radius 1 is 0.943 bits per heavy atom. The monoisotopic (exact) mass is 521 g/mol. The molecule has 0 spiro atoms. The van der Waals surface area contributed by atoms with Crippen molar-refractivity contribution in [1.82, 2.24) is 0 Å². The molecule has 0 aromatic carbocycles. The predicted molar refractivity (Wildman–Crippen MR) is 138 cm³/mol. The minimum absolute atomic E-state index is 0.280. The number of allylic oxidation sites excluding steroid dienone is 1. The fourth-order valence-corrected chi connectivity index (χ4v) is 4.10. The van der Waals surface area contributed by atoms with Crippen LogP contribution in [0.4, 0.5) is 0 Å². The minimum atomic E-state index is -2.44. The lowest BCUT2D eigenvalue weighted by atomic mass is 9.96. The topological polar surface area (TPSA) is 149 Å². The summed E-state index contributed by atoms with van der Waals surface area (Å²) in [6.45, 7) is 7.26. The molecule has 0 heterocycles. The summed E-state index contributed by atoms with van der Waals surface area (Å²) >= 11 is 0. The van der Waals surface area contributed by atoms with Crippen LogP contribution in [-0.2, 0) is 23.4 Å². The lowest BCUT2D eigenvalue weighted by molar-refractivity contribution is -0.150. The number of ether oxygens (including phenoxy) is 1. The Hall–Kier alpha value is -1.09. The van der Waals surface area contributed by atoms with E-state index in [0.717, 1.165) is 32.1 Å². The van der Waals surface area contributed by atoms with Crippen molar-refractivity contribution in [2.75, 3.05) is 13.2 Å². The van der Waals surface area contributed by atoms with E-state index in [4.69, 9.17) is 24.6 Å². The molecule has 3 unspecified atom stereocenters. The van der Waals surface area contributed by atoms with Gasteiger partial charge in [0.25, 0.3) is 0 Å². The van der Waals surface area contributed by atoms with Crippen LogP contribution in [0.2, 0.25) is 0 Å². The van der Waals surface area contributed by atoms with Gasteiger partial charge in [-0.3, -0.25) is 9.59 Å². The Labute approximate surface area is 212 Å². The number of esters is 1. The second-order valence-corrected chi connectivity index (χ2v) is 10.1. The third-order valence-corrected chi connectivity index (χ3v) is 6.58. The highest BCUT2D eigenvalue weighted by Gasteiger charge is 2.25. The number of carboxylic acid groups (broad SMARTS) is 1. The average molecular weight is 522 g/mol. The van der Waals surface area contributed by atoms with Gasteiger partial charge in [0.05, 0.1) is 18.6 Å². The first-order valence-corrected chi connectivity index (χ1v) is 14.0. The van der Waals surface area contributed by atoms with Crippen molar-refractivity contribution < 1.29 is 38.5 Å². The molecule has 0 aliphatic carbocycles. The van der Waals surface area contributed by atoms with Gasteiger partial charge in [0.15, 0.2) is 0 Å².